The smallest absolute Gasteiger partial charge is 0.169 e. The van der Waals surface area contributed by atoms with E-state index in [0.717, 1.165) is 72.5 Å². The molecular formula is C36H38N2O6. The SMILES string of the molecule is COc1cc2c(cc1OC)C(Cc1ccc(Oc3cc4c(cc3O)-c3c(O)c(OC)cc5c3[C@@H](C4)N(C)CC5)cc1)NCC2. The maximum atomic E-state index is 11.2. The predicted molar refractivity (Wildman–Crippen MR) is 169 cm³/mol. The largest absolute Gasteiger partial charge is 0.504 e. The van der Waals surface area contributed by atoms with Crippen LogP contribution in [0.2, 0.25) is 0 Å². The third-order valence-corrected chi connectivity index (χ3v) is 9.47. The lowest BCUT2D eigenvalue weighted by atomic mass is 9.76. The second kappa shape index (κ2) is 11.3. The van der Waals surface area contributed by atoms with Gasteiger partial charge in [-0.05, 0) is 121 Å². The Labute approximate surface area is 257 Å². The van der Waals surface area contributed by atoms with Crippen molar-refractivity contribution in [3.8, 4) is 51.4 Å². The van der Waals surface area contributed by atoms with E-state index in [9.17, 15) is 10.2 Å². The van der Waals surface area contributed by atoms with Crippen LogP contribution in [0.1, 0.15) is 45.5 Å². The van der Waals surface area contributed by atoms with Crippen molar-refractivity contribution >= 4 is 0 Å². The molecule has 1 aliphatic carbocycles. The number of rotatable bonds is 7. The highest BCUT2D eigenvalue weighted by atomic mass is 16.5. The summed E-state index contributed by atoms with van der Waals surface area (Å²) in [5, 5.41) is 25.9. The first kappa shape index (κ1) is 28.4. The molecule has 0 spiro atoms. The van der Waals surface area contributed by atoms with Gasteiger partial charge in [0.25, 0.3) is 0 Å². The third-order valence-electron chi connectivity index (χ3n) is 9.47. The highest BCUT2D eigenvalue weighted by Crippen LogP contribution is 2.53. The highest BCUT2D eigenvalue weighted by molar-refractivity contribution is 5.84. The number of likely N-dealkylation sites (N-methyl/N-ethyl adjacent to an activating group) is 1. The maximum absolute atomic E-state index is 11.2. The molecule has 0 amide bonds. The normalized spacial score (nSPS) is 18.5. The minimum atomic E-state index is 0.0267. The summed E-state index contributed by atoms with van der Waals surface area (Å²) in [5.74, 6) is 3.13. The van der Waals surface area contributed by atoms with E-state index in [1.165, 1.54) is 22.3 Å². The summed E-state index contributed by atoms with van der Waals surface area (Å²) in [6, 6.07) is 18.1. The lowest BCUT2D eigenvalue weighted by Crippen LogP contribution is -2.35. The van der Waals surface area contributed by atoms with E-state index in [4.69, 9.17) is 18.9 Å². The first-order valence-corrected chi connectivity index (χ1v) is 15.1. The van der Waals surface area contributed by atoms with Crippen molar-refractivity contribution in [2.24, 2.45) is 0 Å². The summed E-state index contributed by atoms with van der Waals surface area (Å²) in [6.07, 6.45) is 3.41. The molecule has 2 heterocycles. The van der Waals surface area contributed by atoms with Gasteiger partial charge in [-0.3, -0.25) is 4.90 Å². The molecule has 3 N–H and O–H groups in total. The van der Waals surface area contributed by atoms with Gasteiger partial charge in [0, 0.05) is 24.2 Å². The van der Waals surface area contributed by atoms with Crippen LogP contribution in [0, 0.1) is 0 Å². The molecule has 0 saturated heterocycles. The topological polar surface area (TPSA) is 92.7 Å². The van der Waals surface area contributed by atoms with E-state index >= 15 is 0 Å². The molecule has 4 aromatic carbocycles. The average molecular weight is 595 g/mol. The van der Waals surface area contributed by atoms with Crippen molar-refractivity contribution in [1.29, 1.82) is 0 Å². The highest BCUT2D eigenvalue weighted by Gasteiger charge is 2.36. The molecule has 2 aliphatic heterocycles. The molecule has 2 atom stereocenters. The molecule has 0 fully saturated rings. The fraction of sp³-hybridized carbons (Fsp3) is 0.333. The monoisotopic (exact) mass is 594 g/mol. The van der Waals surface area contributed by atoms with Crippen LogP contribution >= 0.6 is 0 Å². The number of aromatic hydroxyl groups is 2. The lowest BCUT2D eigenvalue weighted by molar-refractivity contribution is 0.226. The van der Waals surface area contributed by atoms with Crippen molar-refractivity contribution < 1.29 is 29.2 Å². The number of nitrogens with zero attached hydrogens (tertiary/aromatic N) is 1. The molecule has 1 unspecified atom stereocenters. The van der Waals surface area contributed by atoms with Crippen molar-refractivity contribution in [3.63, 3.8) is 0 Å². The molecule has 7 rings (SSSR count). The van der Waals surface area contributed by atoms with Gasteiger partial charge in [-0.2, -0.15) is 0 Å². The Bertz CT molecular complexity index is 1730. The van der Waals surface area contributed by atoms with Crippen LogP contribution in [-0.2, 0) is 25.7 Å². The number of methoxy groups -OCH3 is 3. The van der Waals surface area contributed by atoms with Gasteiger partial charge in [0.2, 0.25) is 0 Å². The van der Waals surface area contributed by atoms with Crippen LogP contribution in [0.4, 0.5) is 0 Å². The Morgan fingerprint density at radius 1 is 0.818 bits per heavy atom. The maximum Gasteiger partial charge on any atom is 0.169 e. The van der Waals surface area contributed by atoms with E-state index in [0.29, 0.717) is 17.2 Å². The summed E-state index contributed by atoms with van der Waals surface area (Å²) in [5.41, 5.74) is 8.58. The third kappa shape index (κ3) is 4.78. The molecule has 4 aromatic rings. The number of hydrogen-bond acceptors (Lipinski definition) is 8. The second-order valence-electron chi connectivity index (χ2n) is 11.9. The van der Waals surface area contributed by atoms with Gasteiger partial charge in [0.15, 0.2) is 34.5 Å². The molecule has 8 heteroatoms. The van der Waals surface area contributed by atoms with Crippen molar-refractivity contribution in [2.45, 2.75) is 37.8 Å². The van der Waals surface area contributed by atoms with E-state index in [1.807, 2.05) is 24.3 Å². The van der Waals surface area contributed by atoms with E-state index in [2.05, 4.69) is 41.5 Å². The van der Waals surface area contributed by atoms with Crippen LogP contribution in [0.5, 0.6) is 40.2 Å². The summed E-state index contributed by atoms with van der Waals surface area (Å²) in [4.78, 5) is 2.33. The van der Waals surface area contributed by atoms with Crippen LogP contribution in [0.15, 0.2) is 54.6 Å². The van der Waals surface area contributed by atoms with Crippen LogP contribution in [0.3, 0.4) is 0 Å². The van der Waals surface area contributed by atoms with Crippen molar-refractivity contribution in [1.82, 2.24) is 10.2 Å². The van der Waals surface area contributed by atoms with Crippen LogP contribution in [0.25, 0.3) is 11.1 Å². The molecular weight excluding hydrogens is 556 g/mol. The van der Waals surface area contributed by atoms with E-state index in [1.54, 1.807) is 27.4 Å². The second-order valence-corrected chi connectivity index (χ2v) is 11.9. The average Bonchev–Trinajstić information content (AvgIpc) is 3.04. The number of ether oxygens (including phenoxy) is 4. The first-order valence-electron chi connectivity index (χ1n) is 15.1. The standard InChI is InChI=1S/C36H38N2O6/c1-38-12-10-22-16-33(43-4)36(40)35-26-18-29(39)30(17-23(26)14-28(38)34(22)35)44-24-7-5-20(6-8-24)13-27-25-19-32(42-3)31(41-2)15-21(25)9-11-37-27/h5-8,15-19,27-28,37,39-40H,9-14H2,1-4H3/t27?,28-/m1/s1. The number of phenolic OH excluding ortho intramolecular Hbond substituents is 2. The molecule has 8 nitrogen and oxygen atoms in total. The Kier molecular flexibility index (Phi) is 7.26. The molecule has 44 heavy (non-hydrogen) atoms. The molecule has 0 bridgehead atoms. The number of benzene rings is 4. The van der Waals surface area contributed by atoms with Gasteiger partial charge in [0.1, 0.15) is 5.75 Å². The summed E-state index contributed by atoms with van der Waals surface area (Å²) in [6.45, 7) is 1.83. The van der Waals surface area contributed by atoms with Crippen LogP contribution < -0.4 is 24.3 Å². The van der Waals surface area contributed by atoms with Gasteiger partial charge in [-0.25, -0.2) is 0 Å². The number of phenols is 2. The zero-order valence-electron chi connectivity index (χ0n) is 25.6. The quantitative estimate of drug-likeness (QED) is 0.237. The van der Waals surface area contributed by atoms with Gasteiger partial charge >= 0.3 is 0 Å². The summed E-state index contributed by atoms with van der Waals surface area (Å²) >= 11 is 0. The Balaban J connectivity index is 1.14. The van der Waals surface area contributed by atoms with Gasteiger partial charge in [-0.15, -0.1) is 0 Å². The van der Waals surface area contributed by atoms with E-state index in [-0.39, 0.29) is 23.6 Å². The lowest BCUT2D eigenvalue weighted by Gasteiger charge is -2.40. The van der Waals surface area contributed by atoms with Gasteiger partial charge in [-0.1, -0.05) is 12.1 Å². The zero-order valence-corrected chi connectivity index (χ0v) is 25.6. The fourth-order valence-corrected chi connectivity index (χ4v) is 7.17. The number of hydrogen-bond donors (Lipinski definition) is 3. The fourth-order valence-electron chi connectivity index (χ4n) is 7.17. The van der Waals surface area contributed by atoms with Crippen molar-refractivity contribution in [2.75, 3.05) is 41.5 Å². The first-order chi connectivity index (χ1) is 21.4. The Morgan fingerprint density at radius 3 is 2.27 bits per heavy atom. The minimum Gasteiger partial charge on any atom is -0.504 e. The molecule has 0 aromatic heterocycles. The minimum absolute atomic E-state index is 0.0267. The Hall–Kier alpha value is -4.40. The van der Waals surface area contributed by atoms with Crippen LogP contribution in [-0.4, -0.2) is 56.6 Å². The summed E-state index contributed by atoms with van der Waals surface area (Å²) in [7, 11) is 7.03. The zero-order chi connectivity index (χ0) is 30.5. The molecule has 0 radical (unpaired) electrons. The van der Waals surface area contributed by atoms with Gasteiger partial charge in [0.05, 0.1) is 21.3 Å². The van der Waals surface area contributed by atoms with E-state index < -0.39 is 0 Å². The Morgan fingerprint density at radius 2 is 1.52 bits per heavy atom. The molecule has 0 saturated carbocycles. The predicted octanol–water partition coefficient (Wildman–Crippen LogP) is 6.10. The molecule has 3 aliphatic rings. The summed E-state index contributed by atoms with van der Waals surface area (Å²) < 4.78 is 22.8. The van der Waals surface area contributed by atoms with Crippen molar-refractivity contribution in [3.05, 3.63) is 88.0 Å². The van der Waals surface area contributed by atoms with Gasteiger partial charge < -0.3 is 34.5 Å². The molecule has 228 valence electrons. The number of fused-ring (bicyclic) bond motifs is 3. The number of nitrogens with one attached hydrogen (secondary N) is 1.